The number of hydrogen-bond acceptors (Lipinski definition) is 2. The van der Waals surface area contributed by atoms with Gasteiger partial charge in [0.2, 0.25) is 0 Å². The summed E-state index contributed by atoms with van der Waals surface area (Å²) in [6.07, 6.45) is 0. The van der Waals surface area contributed by atoms with Crippen molar-refractivity contribution in [3.8, 4) is 0 Å². The maximum atomic E-state index is 11.8. The Labute approximate surface area is 85.2 Å². The van der Waals surface area contributed by atoms with Crippen LogP contribution < -0.4 is 5.32 Å². The van der Waals surface area contributed by atoms with Gasteiger partial charge in [-0.1, -0.05) is 0 Å². The zero-order chi connectivity index (χ0) is 10.1. The standard InChI is InChI=1S/C10H19N3O/c1-3-12(2)10(14)13-6-8-4-11-5-9(8)7-13/h8-9,11H,3-7H2,1-2H3. The molecule has 0 radical (unpaired) electrons. The first-order valence-corrected chi connectivity index (χ1v) is 5.43. The highest BCUT2D eigenvalue weighted by Gasteiger charge is 2.38. The molecule has 80 valence electrons. The van der Waals surface area contributed by atoms with Crippen molar-refractivity contribution in [2.24, 2.45) is 11.8 Å². The predicted molar refractivity (Wildman–Crippen MR) is 55.1 cm³/mol. The second-order valence-electron chi connectivity index (χ2n) is 4.38. The fourth-order valence-electron chi connectivity index (χ4n) is 2.39. The predicted octanol–water partition coefficient (Wildman–Crippen LogP) is 0.209. The molecule has 2 atom stereocenters. The van der Waals surface area contributed by atoms with E-state index in [0.717, 1.165) is 32.7 Å². The first kappa shape index (κ1) is 9.77. The van der Waals surface area contributed by atoms with Crippen molar-refractivity contribution >= 4 is 6.03 Å². The van der Waals surface area contributed by atoms with E-state index >= 15 is 0 Å². The molecule has 4 heteroatoms. The Kier molecular flexibility index (Phi) is 2.63. The lowest BCUT2D eigenvalue weighted by atomic mass is 10.0. The number of amides is 2. The minimum absolute atomic E-state index is 0.196. The minimum Gasteiger partial charge on any atom is -0.328 e. The average Bonchev–Trinajstić information content (AvgIpc) is 2.74. The number of nitrogens with one attached hydrogen (secondary N) is 1. The van der Waals surface area contributed by atoms with Crippen LogP contribution in [0.15, 0.2) is 0 Å². The zero-order valence-corrected chi connectivity index (χ0v) is 8.99. The van der Waals surface area contributed by atoms with E-state index < -0.39 is 0 Å². The number of rotatable bonds is 1. The summed E-state index contributed by atoms with van der Waals surface area (Å²) in [5.41, 5.74) is 0. The molecule has 0 aromatic rings. The van der Waals surface area contributed by atoms with Crippen LogP contribution in [-0.4, -0.2) is 55.6 Å². The number of likely N-dealkylation sites (tertiary alicyclic amines) is 1. The van der Waals surface area contributed by atoms with E-state index in [0.29, 0.717) is 11.8 Å². The third-order valence-electron chi connectivity index (χ3n) is 3.46. The van der Waals surface area contributed by atoms with Crippen molar-refractivity contribution in [2.75, 3.05) is 39.8 Å². The molecule has 2 amide bonds. The van der Waals surface area contributed by atoms with E-state index in [1.54, 1.807) is 4.90 Å². The topological polar surface area (TPSA) is 35.6 Å². The average molecular weight is 197 g/mol. The van der Waals surface area contributed by atoms with E-state index in [2.05, 4.69) is 5.32 Å². The van der Waals surface area contributed by atoms with Crippen molar-refractivity contribution in [1.82, 2.24) is 15.1 Å². The number of fused-ring (bicyclic) bond motifs is 1. The molecule has 0 bridgehead atoms. The Balaban J connectivity index is 1.92. The van der Waals surface area contributed by atoms with Crippen LogP contribution in [0.1, 0.15) is 6.92 Å². The van der Waals surface area contributed by atoms with Gasteiger partial charge >= 0.3 is 6.03 Å². The summed E-state index contributed by atoms with van der Waals surface area (Å²) in [7, 11) is 1.87. The van der Waals surface area contributed by atoms with Crippen molar-refractivity contribution in [2.45, 2.75) is 6.92 Å². The summed E-state index contributed by atoms with van der Waals surface area (Å²) >= 11 is 0. The first-order chi connectivity index (χ1) is 6.72. The lowest BCUT2D eigenvalue weighted by Gasteiger charge is -2.24. The van der Waals surface area contributed by atoms with Gasteiger partial charge in [-0.25, -0.2) is 4.79 Å². The van der Waals surface area contributed by atoms with E-state index in [9.17, 15) is 4.79 Å². The summed E-state index contributed by atoms with van der Waals surface area (Å²) in [6, 6.07) is 0.196. The van der Waals surface area contributed by atoms with Crippen LogP contribution in [-0.2, 0) is 0 Å². The van der Waals surface area contributed by atoms with Gasteiger partial charge in [0.1, 0.15) is 0 Å². The third-order valence-corrected chi connectivity index (χ3v) is 3.46. The maximum absolute atomic E-state index is 11.8. The normalized spacial score (nSPS) is 30.6. The molecular formula is C10H19N3O. The molecule has 2 aliphatic rings. The van der Waals surface area contributed by atoms with Gasteiger partial charge in [-0.05, 0) is 18.8 Å². The minimum atomic E-state index is 0.196. The van der Waals surface area contributed by atoms with Crippen LogP contribution in [0.2, 0.25) is 0 Å². The molecule has 1 N–H and O–H groups in total. The molecule has 2 rings (SSSR count). The number of nitrogens with zero attached hydrogens (tertiary/aromatic N) is 2. The molecule has 2 fully saturated rings. The summed E-state index contributed by atoms with van der Waals surface area (Å²) in [5, 5.41) is 3.38. The first-order valence-electron chi connectivity index (χ1n) is 5.43. The summed E-state index contributed by atoms with van der Waals surface area (Å²) < 4.78 is 0. The van der Waals surface area contributed by atoms with Crippen molar-refractivity contribution in [3.63, 3.8) is 0 Å². The highest BCUT2D eigenvalue weighted by atomic mass is 16.2. The van der Waals surface area contributed by atoms with E-state index in [1.807, 2.05) is 18.9 Å². The Morgan fingerprint density at radius 1 is 1.43 bits per heavy atom. The molecule has 14 heavy (non-hydrogen) atoms. The van der Waals surface area contributed by atoms with Gasteiger partial charge in [-0.2, -0.15) is 0 Å². The van der Waals surface area contributed by atoms with Gasteiger partial charge in [0.25, 0.3) is 0 Å². The second-order valence-corrected chi connectivity index (χ2v) is 4.38. The van der Waals surface area contributed by atoms with Gasteiger partial charge < -0.3 is 15.1 Å². The highest BCUT2D eigenvalue weighted by Crippen LogP contribution is 2.26. The van der Waals surface area contributed by atoms with E-state index in [1.165, 1.54) is 0 Å². The van der Waals surface area contributed by atoms with Crippen LogP contribution in [0.4, 0.5) is 4.79 Å². The second kappa shape index (κ2) is 3.77. The SMILES string of the molecule is CCN(C)C(=O)N1CC2CNCC2C1. The van der Waals surface area contributed by atoms with Gasteiger partial charge in [0, 0.05) is 39.8 Å². The quantitative estimate of drug-likeness (QED) is 0.652. The molecule has 0 aromatic heterocycles. The molecular weight excluding hydrogens is 178 g/mol. The lowest BCUT2D eigenvalue weighted by Crippen LogP contribution is -2.40. The fraction of sp³-hybridized carbons (Fsp3) is 0.900. The molecule has 2 heterocycles. The number of carbonyl (C=O) groups excluding carboxylic acids is 1. The Bertz CT molecular complexity index is 219. The van der Waals surface area contributed by atoms with E-state index in [4.69, 9.17) is 0 Å². The summed E-state index contributed by atoms with van der Waals surface area (Å²) in [4.78, 5) is 15.6. The van der Waals surface area contributed by atoms with Gasteiger partial charge in [-0.15, -0.1) is 0 Å². The highest BCUT2D eigenvalue weighted by molar-refractivity contribution is 5.74. The number of carbonyl (C=O) groups is 1. The Hall–Kier alpha value is -0.770. The summed E-state index contributed by atoms with van der Waals surface area (Å²) in [5.74, 6) is 1.40. The van der Waals surface area contributed by atoms with Gasteiger partial charge in [0.15, 0.2) is 0 Å². The summed E-state index contributed by atoms with van der Waals surface area (Å²) in [6.45, 7) is 6.87. The van der Waals surface area contributed by atoms with Gasteiger partial charge in [0.05, 0.1) is 0 Å². The molecule has 0 aromatic carbocycles. The Morgan fingerprint density at radius 2 is 2.00 bits per heavy atom. The van der Waals surface area contributed by atoms with Crippen LogP contribution in [0.3, 0.4) is 0 Å². The van der Waals surface area contributed by atoms with Crippen molar-refractivity contribution < 1.29 is 4.79 Å². The number of urea groups is 1. The third kappa shape index (κ3) is 1.59. The van der Waals surface area contributed by atoms with Crippen LogP contribution >= 0.6 is 0 Å². The smallest absolute Gasteiger partial charge is 0.319 e. The number of hydrogen-bond donors (Lipinski definition) is 1. The zero-order valence-electron chi connectivity index (χ0n) is 8.99. The fourth-order valence-corrected chi connectivity index (χ4v) is 2.39. The molecule has 0 saturated carbocycles. The van der Waals surface area contributed by atoms with Crippen LogP contribution in [0.5, 0.6) is 0 Å². The maximum Gasteiger partial charge on any atom is 0.319 e. The molecule has 2 saturated heterocycles. The monoisotopic (exact) mass is 197 g/mol. The Morgan fingerprint density at radius 3 is 2.50 bits per heavy atom. The molecule has 0 aliphatic carbocycles. The van der Waals surface area contributed by atoms with Crippen molar-refractivity contribution in [3.05, 3.63) is 0 Å². The molecule has 2 unspecified atom stereocenters. The molecule has 4 nitrogen and oxygen atoms in total. The van der Waals surface area contributed by atoms with E-state index in [-0.39, 0.29) is 6.03 Å². The van der Waals surface area contributed by atoms with Crippen molar-refractivity contribution in [1.29, 1.82) is 0 Å². The largest absolute Gasteiger partial charge is 0.328 e. The van der Waals surface area contributed by atoms with Crippen LogP contribution in [0, 0.1) is 11.8 Å². The molecule has 2 aliphatic heterocycles. The van der Waals surface area contributed by atoms with Gasteiger partial charge in [-0.3, -0.25) is 0 Å². The lowest BCUT2D eigenvalue weighted by molar-refractivity contribution is 0.172. The molecule has 0 spiro atoms. The van der Waals surface area contributed by atoms with Crippen LogP contribution in [0.25, 0.3) is 0 Å².